The number of aryl methyl sites for hydroxylation is 1. The molecule has 3 rings (SSSR count). The number of nitrogens with zero attached hydrogens (tertiary/aromatic N) is 3. The van der Waals surface area contributed by atoms with Crippen LogP contribution in [0.15, 0.2) is 48.5 Å². The van der Waals surface area contributed by atoms with E-state index >= 15 is 0 Å². The fraction of sp³-hybridized carbons (Fsp3) is 0.176. The summed E-state index contributed by atoms with van der Waals surface area (Å²) >= 11 is 0. The molecule has 0 aliphatic carbocycles. The molecule has 0 bridgehead atoms. The third-order valence-corrected chi connectivity index (χ3v) is 3.54. The van der Waals surface area contributed by atoms with E-state index in [4.69, 9.17) is 10.5 Å². The smallest absolute Gasteiger partial charge is 0.144 e. The van der Waals surface area contributed by atoms with E-state index in [2.05, 4.69) is 29.4 Å². The van der Waals surface area contributed by atoms with Crippen LogP contribution in [-0.4, -0.2) is 22.1 Å². The van der Waals surface area contributed by atoms with Crippen LogP contribution >= 0.6 is 0 Å². The Labute approximate surface area is 129 Å². The molecule has 2 N–H and O–H groups in total. The lowest BCUT2D eigenvalue weighted by atomic mass is 10.1. The number of hydrogen-bond acceptors (Lipinski definition) is 4. The lowest BCUT2D eigenvalue weighted by molar-refractivity contribution is 0.411. The second kappa shape index (κ2) is 5.99. The Morgan fingerprint density at radius 1 is 1.14 bits per heavy atom. The van der Waals surface area contributed by atoms with Gasteiger partial charge in [-0.05, 0) is 25.1 Å². The minimum atomic E-state index is 0.332. The summed E-state index contributed by atoms with van der Waals surface area (Å²) in [6.45, 7) is 2.39. The van der Waals surface area contributed by atoms with E-state index in [1.807, 2.05) is 36.4 Å². The average Bonchev–Trinajstić information content (AvgIpc) is 2.98. The monoisotopic (exact) mass is 294 g/mol. The van der Waals surface area contributed by atoms with Crippen LogP contribution in [0, 0.1) is 6.92 Å². The van der Waals surface area contributed by atoms with Crippen LogP contribution in [0.2, 0.25) is 0 Å². The van der Waals surface area contributed by atoms with E-state index in [1.165, 1.54) is 5.56 Å². The molecule has 5 nitrogen and oxygen atoms in total. The quantitative estimate of drug-likeness (QED) is 0.803. The Hall–Kier alpha value is -2.66. The van der Waals surface area contributed by atoms with Crippen LogP contribution in [0.4, 0.5) is 0 Å². The first-order chi connectivity index (χ1) is 10.7. The van der Waals surface area contributed by atoms with Crippen molar-refractivity contribution in [3.63, 3.8) is 0 Å². The molecular weight excluding hydrogens is 276 g/mol. The Bertz CT molecular complexity index is 795. The van der Waals surface area contributed by atoms with Gasteiger partial charge in [0.15, 0.2) is 0 Å². The summed E-state index contributed by atoms with van der Waals surface area (Å²) in [5, 5.41) is 8.50. The Balaban J connectivity index is 2.24. The van der Waals surface area contributed by atoms with E-state index in [1.54, 1.807) is 11.8 Å². The molecule has 0 radical (unpaired) electrons. The van der Waals surface area contributed by atoms with Crippen molar-refractivity contribution in [2.24, 2.45) is 5.73 Å². The van der Waals surface area contributed by atoms with Gasteiger partial charge in [0.2, 0.25) is 0 Å². The SMILES string of the molecule is COc1ccccc1-n1nnc(CN)c1-c1cccc(C)c1. The normalized spacial score (nSPS) is 10.7. The van der Waals surface area contributed by atoms with E-state index in [9.17, 15) is 0 Å². The summed E-state index contributed by atoms with van der Waals surface area (Å²) in [6.07, 6.45) is 0. The average molecular weight is 294 g/mol. The van der Waals surface area contributed by atoms with Crippen molar-refractivity contribution in [2.45, 2.75) is 13.5 Å². The van der Waals surface area contributed by atoms with Crippen LogP contribution in [0.25, 0.3) is 16.9 Å². The van der Waals surface area contributed by atoms with Crippen molar-refractivity contribution in [2.75, 3.05) is 7.11 Å². The fourth-order valence-electron chi connectivity index (χ4n) is 2.51. The summed E-state index contributed by atoms with van der Waals surface area (Å²) in [7, 11) is 1.64. The molecule has 0 aliphatic rings. The highest BCUT2D eigenvalue weighted by Crippen LogP contribution is 2.29. The number of para-hydroxylation sites is 2. The molecule has 5 heteroatoms. The van der Waals surface area contributed by atoms with Crippen molar-refractivity contribution >= 4 is 0 Å². The molecule has 0 fully saturated rings. The van der Waals surface area contributed by atoms with Crippen molar-refractivity contribution in [1.82, 2.24) is 15.0 Å². The molecule has 0 saturated carbocycles. The summed E-state index contributed by atoms with van der Waals surface area (Å²) in [4.78, 5) is 0. The first kappa shape index (κ1) is 14.3. The van der Waals surface area contributed by atoms with E-state index in [0.29, 0.717) is 6.54 Å². The van der Waals surface area contributed by atoms with Crippen LogP contribution < -0.4 is 10.5 Å². The lowest BCUT2D eigenvalue weighted by Crippen LogP contribution is -2.04. The van der Waals surface area contributed by atoms with Gasteiger partial charge >= 0.3 is 0 Å². The van der Waals surface area contributed by atoms with Gasteiger partial charge in [-0.1, -0.05) is 41.1 Å². The minimum absolute atomic E-state index is 0.332. The fourth-order valence-corrected chi connectivity index (χ4v) is 2.51. The third kappa shape index (κ3) is 2.46. The Morgan fingerprint density at radius 3 is 2.68 bits per heavy atom. The van der Waals surface area contributed by atoms with Gasteiger partial charge in [0.1, 0.15) is 17.1 Å². The van der Waals surface area contributed by atoms with Crippen LogP contribution in [0.5, 0.6) is 5.75 Å². The number of benzene rings is 2. The van der Waals surface area contributed by atoms with Gasteiger partial charge in [-0.15, -0.1) is 5.10 Å². The maximum absolute atomic E-state index is 5.84. The third-order valence-electron chi connectivity index (χ3n) is 3.54. The maximum atomic E-state index is 5.84. The van der Waals surface area contributed by atoms with E-state index < -0.39 is 0 Å². The molecule has 112 valence electrons. The number of ether oxygens (including phenoxy) is 1. The molecule has 0 aliphatic heterocycles. The van der Waals surface area contributed by atoms with Crippen molar-refractivity contribution < 1.29 is 4.74 Å². The number of hydrogen-bond donors (Lipinski definition) is 1. The maximum Gasteiger partial charge on any atom is 0.144 e. The molecule has 0 spiro atoms. The van der Waals surface area contributed by atoms with Gasteiger partial charge in [-0.2, -0.15) is 0 Å². The second-order valence-electron chi connectivity index (χ2n) is 5.04. The van der Waals surface area contributed by atoms with Crippen molar-refractivity contribution in [3.8, 4) is 22.7 Å². The van der Waals surface area contributed by atoms with E-state index in [0.717, 1.165) is 28.4 Å². The number of methoxy groups -OCH3 is 1. The highest BCUT2D eigenvalue weighted by atomic mass is 16.5. The molecule has 3 aromatic rings. The predicted octanol–water partition coefficient (Wildman–Crippen LogP) is 2.71. The van der Waals surface area contributed by atoms with Gasteiger partial charge in [0.25, 0.3) is 0 Å². The summed E-state index contributed by atoms with van der Waals surface area (Å²) in [5.41, 5.74) is 10.6. The first-order valence-electron chi connectivity index (χ1n) is 7.09. The standard InChI is InChI=1S/C17H18N4O/c1-12-6-5-7-13(10-12)17-14(11-18)19-20-21(17)15-8-3-4-9-16(15)22-2/h3-10H,11,18H2,1-2H3. The second-order valence-corrected chi connectivity index (χ2v) is 5.04. The highest BCUT2D eigenvalue weighted by molar-refractivity contribution is 5.66. The molecule has 0 amide bonds. The number of aromatic nitrogens is 3. The van der Waals surface area contributed by atoms with Crippen molar-refractivity contribution in [1.29, 1.82) is 0 Å². The summed E-state index contributed by atoms with van der Waals surface area (Å²) in [6, 6.07) is 15.9. The largest absolute Gasteiger partial charge is 0.494 e. The number of rotatable bonds is 4. The number of nitrogens with two attached hydrogens (primary N) is 1. The zero-order chi connectivity index (χ0) is 15.5. The Morgan fingerprint density at radius 2 is 1.95 bits per heavy atom. The predicted molar refractivity (Wildman–Crippen MR) is 86.0 cm³/mol. The topological polar surface area (TPSA) is 66.0 Å². The highest BCUT2D eigenvalue weighted by Gasteiger charge is 2.17. The molecule has 2 aromatic carbocycles. The van der Waals surface area contributed by atoms with Crippen LogP contribution in [-0.2, 0) is 6.54 Å². The molecule has 1 aromatic heterocycles. The van der Waals surface area contributed by atoms with Gasteiger partial charge in [0, 0.05) is 12.1 Å². The zero-order valence-electron chi connectivity index (χ0n) is 12.7. The molecule has 0 unspecified atom stereocenters. The molecule has 22 heavy (non-hydrogen) atoms. The van der Waals surface area contributed by atoms with Crippen LogP contribution in [0.1, 0.15) is 11.3 Å². The summed E-state index contributed by atoms with van der Waals surface area (Å²) < 4.78 is 7.22. The molecule has 1 heterocycles. The summed E-state index contributed by atoms with van der Waals surface area (Å²) in [5.74, 6) is 0.741. The Kier molecular flexibility index (Phi) is 3.89. The first-order valence-corrected chi connectivity index (χ1v) is 7.09. The minimum Gasteiger partial charge on any atom is -0.494 e. The van der Waals surface area contributed by atoms with E-state index in [-0.39, 0.29) is 0 Å². The van der Waals surface area contributed by atoms with Gasteiger partial charge < -0.3 is 10.5 Å². The van der Waals surface area contributed by atoms with Gasteiger partial charge in [-0.25, -0.2) is 4.68 Å². The molecule has 0 saturated heterocycles. The lowest BCUT2D eigenvalue weighted by Gasteiger charge is -2.11. The molecular formula is C17H18N4O. The van der Waals surface area contributed by atoms with Crippen LogP contribution in [0.3, 0.4) is 0 Å². The zero-order valence-corrected chi connectivity index (χ0v) is 12.7. The van der Waals surface area contributed by atoms with Crippen molar-refractivity contribution in [3.05, 3.63) is 59.8 Å². The molecule has 0 atom stereocenters. The van der Waals surface area contributed by atoms with Gasteiger partial charge in [-0.3, -0.25) is 0 Å². The van der Waals surface area contributed by atoms with Gasteiger partial charge in [0.05, 0.1) is 12.8 Å².